The minimum absolute atomic E-state index is 0.0288. The third kappa shape index (κ3) is 4.85. The number of carbonyl (C=O) groups is 2. The molecule has 17 heavy (non-hydrogen) atoms. The molecule has 0 saturated carbocycles. The largest absolute Gasteiger partial charge is 0.468 e. The number of carbonyl (C=O) groups excluding carboxylic acids is 2. The minimum atomic E-state index is -0.502. The lowest BCUT2D eigenvalue weighted by Gasteiger charge is -2.21. The molecule has 1 aliphatic heterocycles. The number of rotatable bonds is 2. The summed E-state index contributed by atoms with van der Waals surface area (Å²) >= 11 is 1.50. The van der Waals surface area contributed by atoms with Crippen molar-refractivity contribution in [2.24, 2.45) is 0 Å². The molecule has 1 amide bonds. The molecule has 0 radical (unpaired) electrons. The first-order valence-corrected chi connectivity index (χ1v) is 6.55. The van der Waals surface area contributed by atoms with Crippen molar-refractivity contribution in [1.82, 2.24) is 5.32 Å². The molecule has 1 aliphatic rings. The molecule has 0 bridgehead atoms. The van der Waals surface area contributed by atoms with E-state index in [-0.39, 0.29) is 17.3 Å². The highest BCUT2D eigenvalue weighted by atomic mass is 32.2. The second-order valence-corrected chi connectivity index (χ2v) is 6.16. The van der Waals surface area contributed by atoms with Crippen molar-refractivity contribution in [3.05, 3.63) is 0 Å². The van der Waals surface area contributed by atoms with Crippen LogP contribution in [0.15, 0.2) is 0 Å². The third-order valence-corrected chi connectivity index (χ3v) is 3.56. The summed E-state index contributed by atoms with van der Waals surface area (Å²) in [7, 11) is 1.37. The SMILES string of the molecule is COC(=O)C1C[C@H](NC(=O)OC(C)(C)C)CS1. The number of hydrogen-bond donors (Lipinski definition) is 1. The van der Waals surface area contributed by atoms with Crippen LogP contribution < -0.4 is 5.32 Å². The van der Waals surface area contributed by atoms with Crippen molar-refractivity contribution in [2.45, 2.75) is 44.1 Å². The molecule has 1 heterocycles. The predicted molar refractivity (Wildman–Crippen MR) is 66.0 cm³/mol. The summed E-state index contributed by atoms with van der Waals surface area (Å²) in [6, 6.07) is -0.0288. The standard InChI is InChI=1S/C11H19NO4S/c1-11(2,3)16-10(14)12-7-5-8(17-6-7)9(13)15-4/h7-8H,5-6H2,1-4H3,(H,12,14)/t7-,8?/m0/s1. The Balaban J connectivity index is 2.35. The van der Waals surface area contributed by atoms with Gasteiger partial charge in [0.15, 0.2) is 0 Å². The number of methoxy groups -OCH3 is 1. The summed E-state index contributed by atoms with van der Waals surface area (Å²) in [5.41, 5.74) is -0.502. The van der Waals surface area contributed by atoms with Crippen molar-refractivity contribution in [3.63, 3.8) is 0 Å². The lowest BCUT2D eigenvalue weighted by molar-refractivity contribution is -0.140. The summed E-state index contributed by atoms with van der Waals surface area (Å²) in [5, 5.41) is 2.57. The highest BCUT2D eigenvalue weighted by Crippen LogP contribution is 2.27. The average molecular weight is 261 g/mol. The third-order valence-electron chi connectivity index (χ3n) is 2.18. The Labute approximate surface area is 106 Å². The molecule has 1 unspecified atom stereocenters. The molecule has 1 rings (SSSR count). The smallest absolute Gasteiger partial charge is 0.407 e. The second-order valence-electron chi connectivity index (χ2n) is 4.92. The van der Waals surface area contributed by atoms with Crippen molar-refractivity contribution in [3.8, 4) is 0 Å². The van der Waals surface area contributed by atoms with Crippen LogP contribution in [-0.4, -0.2) is 41.8 Å². The lowest BCUT2D eigenvalue weighted by atomic mass is 10.2. The first-order valence-electron chi connectivity index (χ1n) is 5.51. The van der Waals surface area contributed by atoms with Gasteiger partial charge in [0.05, 0.1) is 7.11 Å². The maximum Gasteiger partial charge on any atom is 0.407 e. The van der Waals surface area contributed by atoms with E-state index in [4.69, 9.17) is 4.74 Å². The summed E-state index contributed by atoms with van der Waals surface area (Å²) in [6.45, 7) is 5.44. The van der Waals surface area contributed by atoms with Gasteiger partial charge in [-0.1, -0.05) is 0 Å². The van der Waals surface area contributed by atoms with E-state index in [1.54, 1.807) is 0 Å². The molecule has 1 fully saturated rings. The summed E-state index contributed by atoms with van der Waals surface area (Å²) < 4.78 is 9.81. The van der Waals surface area contributed by atoms with Crippen LogP contribution in [0.2, 0.25) is 0 Å². The quantitative estimate of drug-likeness (QED) is 0.764. The number of nitrogens with one attached hydrogen (secondary N) is 1. The lowest BCUT2D eigenvalue weighted by Crippen LogP contribution is -2.39. The maximum atomic E-state index is 11.5. The van der Waals surface area contributed by atoms with Crippen LogP contribution in [0.5, 0.6) is 0 Å². The zero-order chi connectivity index (χ0) is 13.1. The van der Waals surface area contributed by atoms with Gasteiger partial charge in [-0.2, -0.15) is 0 Å². The van der Waals surface area contributed by atoms with E-state index >= 15 is 0 Å². The molecule has 0 aromatic carbocycles. The van der Waals surface area contributed by atoms with E-state index in [9.17, 15) is 9.59 Å². The van der Waals surface area contributed by atoms with Crippen molar-refractivity contribution >= 4 is 23.8 Å². The molecule has 1 N–H and O–H groups in total. The molecule has 2 atom stereocenters. The van der Waals surface area contributed by atoms with Crippen molar-refractivity contribution in [1.29, 1.82) is 0 Å². The molecule has 0 aromatic heterocycles. The topological polar surface area (TPSA) is 64.6 Å². The summed E-state index contributed by atoms with van der Waals surface area (Å²) in [5.74, 6) is 0.474. The first-order chi connectivity index (χ1) is 7.81. The van der Waals surface area contributed by atoms with Crippen LogP contribution in [-0.2, 0) is 14.3 Å². The van der Waals surface area contributed by atoms with Gasteiger partial charge in [0.2, 0.25) is 0 Å². The van der Waals surface area contributed by atoms with E-state index in [0.29, 0.717) is 12.2 Å². The Morgan fingerprint density at radius 3 is 2.53 bits per heavy atom. The molecular formula is C11H19NO4S. The van der Waals surface area contributed by atoms with Gasteiger partial charge in [-0.3, -0.25) is 4.79 Å². The van der Waals surface area contributed by atoms with Crippen molar-refractivity contribution < 1.29 is 19.1 Å². The van der Waals surface area contributed by atoms with Crippen LogP contribution in [0.1, 0.15) is 27.2 Å². The molecule has 0 aromatic rings. The molecule has 1 saturated heterocycles. The van der Waals surface area contributed by atoms with Crippen LogP contribution in [0, 0.1) is 0 Å². The van der Waals surface area contributed by atoms with Gasteiger partial charge in [0.25, 0.3) is 0 Å². The first kappa shape index (κ1) is 14.2. The fourth-order valence-corrected chi connectivity index (χ4v) is 2.78. The molecule has 5 nitrogen and oxygen atoms in total. The highest BCUT2D eigenvalue weighted by Gasteiger charge is 2.32. The molecule has 0 aliphatic carbocycles. The molecule has 0 spiro atoms. The maximum absolute atomic E-state index is 11.5. The summed E-state index contributed by atoms with van der Waals surface area (Å²) in [6.07, 6.45) is 0.157. The second kappa shape index (κ2) is 5.62. The van der Waals surface area contributed by atoms with E-state index < -0.39 is 11.7 Å². The van der Waals surface area contributed by atoms with Crippen LogP contribution in [0.4, 0.5) is 4.79 Å². The number of hydrogen-bond acceptors (Lipinski definition) is 5. The Kier molecular flexibility index (Phi) is 4.68. The highest BCUT2D eigenvalue weighted by molar-refractivity contribution is 8.00. The minimum Gasteiger partial charge on any atom is -0.468 e. The van der Waals surface area contributed by atoms with Gasteiger partial charge < -0.3 is 14.8 Å². The zero-order valence-electron chi connectivity index (χ0n) is 10.6. The molecule has 98 valence electrons. The Morgan fingerprint density at radius 2 is 2.00 bits per heavy atom. The van der Waals surface area contributed by atoms with Crippen LogP contribution >= 0.6 is 11.8 Å². The van der Waals surface area contributed by atoms with Gasteiger partial charge >= 0.3 is 12.1 Å². The average Bonchev–Trinajstić information content (AvgIpc) is 2.62. The number of alkyl carbamates (subject to hydrolysis) is 1. The Morgan fingerprint density at radius 1 is 1.35 bits per heavy atom. The van der Waals surface area contributed by atoms with Gasteiger partial charge in [0, 0.05) is 11.8 Å². The number of esters is 1. The van der Waals surface area contributed by atoms with Crippen LogP contribution in [0.25, 0.3) is 0 Å². The Hall–Kier alpha value is -0.910. The monoisotopic (exact) mass is 261 g/mol. The number of amides is 1. The fraction of sp³-hybridized carbons (Fsp3) is 0.818. The Bertz CT molecular complexity index is 300. The van der Waals surface area contributed by atoms with Gasteiger partial charge in [-0.15, -0.1) is 11.8 Å². The van der Waals surface area contributed by atoms with Gasteiger partial charge in [-0.25, -0.2) is 4.79 Å². The van der Waals surface area contributed by atoms with Crippen LogP contribution in [0.3, 0.4) is 0 Å². The molecular weight excluding hydrogens is 242 g/mol. The zero-order valence-corrected chi connectivity index (χ0v) is 11.4. The number of ether oxygens (including phenoxy) is 2. The van der Waals surface area contributed by atoms with E-state index in [0.717, 1.165) is 0 Å². The number of thioether (sulfide) groups is 1. The predicted octanol–water partition coefficient (Wildman–Crippen LogP) is 1.56. The molecule has 6 heteroatoms. The fourth-order valence-electron chi connectivity index (χ4n) is 1.50. The van der Waals surface area contributed by atoms with E-state index in [2.05, 4.69) is 10.1 Å². The van der Waals surface area contributed by atoms with E-state index in [1.807, 2.05) is 20.8 Å². The summed E-state index contributed by atoms with van der Waals surface area (Å²) in [4.78, 5) is 22.8. The normalized spacial score (nSPS) is 24.2. The van der Waals surface area contributed by atoms with Crippen molar-refractivity contribution in [2.75, 3.05) is 12.9 Å². The van der Waals surface area contributed by atoms with Gasteiger partial charge in [-0.05, 0) is 27.2 Å². The van der Waals surface area contributed by atoms with Gasteiger partial charge in [0.1, 0.15) is 10.9 Å². The van der Waals surface area contributed by atoms with E-state index in [1.165, 1.54) is 18.9 Å².